The van der Waals surface area contributed by atoms with Crippen LogP contribution in [0.5, 0.6) is 0 Å². The highest BCUT2D eigenvalue weighted by atomic mass is 35.5. The van der Waals surface area contributed by atoms with Gasteiger partial charge in [0.05, 0.1) is 0 Å². The minimum absolute atomic E-state index is 0.167. The maximum atomic E-state index is 5.95. The molecule has 0 saturated heterocycles. The molecule has 0 aliphatic rings. The summed E-state index contributed by atoms with van der Waals surface area (Å²) in [5.41, 5.74) is 5.24. The van der Waals surface area contributed by atoms with Crippen LogP contribution >= 0.6 is 11.6 Å². The Morgan fingerprint density at radius 3 is 1.69 bits per heavy atom. The topological polar surface area (TPSA) is 24.7 Å². The van der Waals surface area contributed by atoms with Crippen molar-refractivity contribution >= 4 is 55.5 Å². The molecule has 0 spiro atoms. The van der Waals surface area contributed by atoms with Gasteiger partial charge in [-0.3, -0.25) is 0 Å². The smallest absolute Gasteiger partial charge is 0.156 e. The number of rotatable bonds is 4. The fourth-order valence-corrected chi connectivity index (χ4v) is 5.18. The van der Waals surface area contributed by atoms with E-state index in [2.05, 4.69) is 109 Å². The molecular weight excluding hydrogens is 496 g/mol. The van der Waals surface area contributed by atoms with Gasteiger partial charge in [-0.25, -0.2) is 9.98 Å². The van der Waals surface area contributed by atoms with E-state index in [9.17, 15) is 0 Å². The van der Waals surface area contributed by atoms with Crippen LogP contribution < -0.4 is 0 Å². The van der Waals surface area contributed by atoms with Crippen LogP contribution in [-0.2, 0) is 0 Å². The zero-order chi connectivity index (χ0) is 27.2. The molecule has 6 aromatic carbocycles. The van der Waals surface area contributed by atoms with Crippen molar-refractivity contribution in [1.29, 1.82) is 0 Å². The molecule has 0 N–H and O–H groups in total. The van der Waals surface area contributed by atoms with E-state index >= 15 is 0 Å². The summed E-state index contributed by atoms with van der Waals surface area (Å²) in [6, 6.07) is 42.8. The van der Waals surface area contributed by atoms with E-state index in [1.54, 1.807) is 0 Å². The molecule has 190 valence electrons. The zero-order valence-corrected chi connectivity index (χ0v) is 22.7. The molecule has 0 unspecified atom stereocenters. The Hall–Kier alpha value is -4.53. The monoisotopic (exact) mass is 524 g/mol. The molecule has 0 bridgehead atoms. The van der Waals surface area contributed by atoms with Crippen LogP contribution in [0.25, 0.3) is 43.4 Å². The van der Waals surface area contributed by atoms with Crippen molar-refractivity contribution in [3.63, 3.8) is 0 Å². The first-order valence-electron chi connectivity index (χ1n) is 12.9. The summed E-state index contributed by atoms with van der Waals surface area (Å²) < 4.78 is 0. The maximum absolute atomic E-state index is 5.95. The number of nitrogens with zero attached hydrogens (tertiary/aromatic N) is 2. The third kappa shape index (κ3) is 5.25. The van der Waals surface area contributed by atoms with Crippen LogP contribution in [0.1, 0.15) is 18.1 Å². The van der Waals surface area contributed by atoms with Gasteiger partial charge in [0, 0.05) is 11.3 Å². The van der Waals surface area contributed by atoms with Crippen molar-refractivity contribution in [1.82, 2.24) is 0 Å². The Morgan fingerprint density at radius 2 is 1.08 bits per heavy atom. The SMILES string of the molecule is C=C.CC(=N/C(=N\CCl)c1ccccc1)c1cccc(-c2ccc3c4ccccc4c4ccccc4c3c2)c1. The van der Waals surface area contributed by atoms with Gasteiger partial charge in [0.1, 0.15) is 6.00 Å². The molecular formula is C36H29ClN2. The van der Waals surface area contributed by atoms with E-state index < -0.39 is 0 Å². The van der Waals surface area contributed by atoms with E-state index in [0.717, 1.165) is 22.4 Å². The second-order valence-corrected chi connectivity index (χ2v) is 9.34. The standard InChI is InChI=1S/C34H25ClN2.C2H4/c1-23(37-34(36-22-35)24-10-3-2-4-11-24)25-12-9-13-26(20-25)27-18-19-32-30-16-6-5-14-28(30)29-15-7-8-17-31(29)33(32)21-27;1-2/h2-21H,22H2,1H3;1-2H2/b36-34-,37-23?;. The minimum Gasteiger partial charge on any atom is -0.250 e. The molecule has 6 rings (SSSR count). The summed E-state index contributed by atoms with van der Waals surface area (Å²) in [7, 11) is 0. The number of aliphatic imine (C=N–C) groups is 2. The van der Waals surface area contributed by atoms with Gasteiger partial charge in [0.2, 0.25) is 0 Å². The van der Waals surface area contributed by atoms with Gasteiger partial charge in [0.15, 0.2) is 5.84 Å². The van der Waals surface area contributed by atoms with Gasteiger partial charge in [-0.05, 0) is 68.1 Å². The number of halogens is 1. The third-order valence-electron chi connectivity index (χ3n) is 6.87. The van der Waals surface area contributed by atoms with Crippen LogP contribution in [0.2, 0.25) is 0 Å². The summed E-state index contributed by atoms with van der Waals surface area (Å²) in [6.45, 7) is 8.02. The summed E-state index contributed by atoms with van der Waals surface area (Å²) in [4.78, 5) is 9.27. The predicted octanol–water partition coefficient (Wildman–Crippen LogP) is 10.1. The van der Waals surface area contributed by atoms with Crippen LogP contribution in [-0.4, -0.2) is 17.6 Å². The molecule has 39 heavy (non-hydrogen) atoms. The van der Waals surface area contributed by atoms with Gasteiger partial charge >= 0.3 is 0 Å². The van der Waals surface area contributed by atoms with E-state index in [0.29, 0.717) is 5.84 Å². The Bertz CT molecular complexity index is 1800. The van der Waals surface area contributed by atoms with Crippen molar-refractivity contribution in [2.45, 2.75) is 6.92 Å². The van der Waals surface area contributed by atoms with Crippen molar-refractivity contribution in [2.24, 2.45) is 9.98 Å². The zero-order valence-electron chi connectivity index (χ0n) is 21.9. The summed E-state index contributed by atoms with van der Waals surface area (Å²) in [6.07, 6.45) is 0. The highest BCUT2D eigenvalue weighted by Gasteiger charge is 2.10. The third-order valence-corrected chi connectivity index (χ3v) is 6.99. The first kappa shape index (κ1) is 26.1. The van der Waals surface area contributed by atoms with Crippen LogP contribution in [0.4, 0.5) is 0 Å². The van der Waals surface area contributed by atoms with Crippen molar-refractivity contribution in [3.8, 4) is 11.1 Å². The lowest BCUT2D eigenvalue weighted by Gasteiger charge is -2.12. The average Bonchev–Trinajstić information content (AvgIpc) is 3.02. The summed E-state index contributed by atoms with van der Waals surface area (Å²) >= 11 is 5.95. The van der Waals surface area contributed by atoms with Crippen LogP contribution in [0, 0.1) is 0 Å². The average molecular weight is 525 g/mol. The Labute approximate surface area is 234 Å². The lowest BCUT2D eigenvalue weighted by Crippen LogP contribution is -2.04. The van der Waals surface area contributed by atoms with Crippen molar-refractivity contribution < 1.29 is 0 Å². The highest BCUT2D eigenvalue weighted by Crippen LogP contribution is 2.37. The van der Waals surface area contributed by atoms with Crippen LogP contribution in [0.15, 0.2) is 144 Å². The highest BCUT2D eigenvalue weighted by molar-refractivity contribution is 6.25. The first-order valence-corrected chi connectivity index (χ1v) is 13.4. The summed E-state index contributed by atoms with van der Waals surface area (Å²) in [5.74, 6) is 0.641. The molecule has 2 nitrogen and oxygen atoms in total. The molecule has 0 fully saturated rings. The van der Waals surface area contributed by atoms with Gasteiger partial charge in [0.25, 0.3) is 0 Å². The van der Waals surface area contributed by atoms with Gasteiger partial charge in [-0.15, -0.1) is 24.8 Å². The Balaban J connectivity index is 0.00000151. The van der Waals surface area contributed by atoms with E-state index in [-0.39, 0.29) is 6.00 Å². The number of alkyl halides is 1. The fraction of sp³-hybridized carbons (Fsp3) is 0.0556. The lowest BCUT2D eigenvalue weighted by molar-refractivity contribution is 1.32. The Morgan fingerprint density at radius 1 is 0.564 bits per heavy atom. The molecule has 0 saturated carbocycles. The lowest BCUT2D eigenvalue weighted by atomic mass is 9.91. The second kappa shape index (κ2) is 11.9. The van der Waals surface area contributed by atoms with Gasteiger partial charge in [-0.2, -0.15) is 0 Å². The Kier molecular flexibility index (Phi) is 7.96. The van der Waals surface area contributed by atoms with Crippen LogP contribution in [0.3, 0.4) is 0 Å². The van der Waals surface area contributed by atoms with Crippen molar-refractivity contribution in [3.05, 3.63) is 146 Å². The predicted molar refractivity (Wildman–Crippen MR) is 172 cm³/mol. The number of amidine groups is 1. The normalized spacial score (nSPS) is 11.9. The maximum Gasteiger partial charge on any atom is 0.156 e. The van der Waals surface area contributed by atoms with E-state index in [1.165, 1.54) is 37.9 Å². The molecule has 0 aliphatic heterocycles. The number of hydrogen-bond acceptors (Lipinski definition) is 1. The molecule has 0 heterocycles. The first-order chi connectivity index (χ1) is 19.2. The van der Waals surface area contributed by atoms with E-state index in [1.807, 2.05) is 37.3 Å². The number of benzene rings is 6. The molecule has 6 aromatic rings. The van der Waals surface area contributed by atoms with Crippen molar-refractivity contribution in [2.75, 3.05) is 6.00 Å². The molecule has 0 aromatic heterocycles. The number of fused-ring (bicyclic) bond motifs is 6. The minimum atomic E-state index is 0.167. The quantitative estimate of drug-likeness (QED) is 0.0547. The fourth-order valence-electron chi connectivity index (χ4n) is 5.07. The second-order valence-electron chi connectivity index (χ2n) is 9.10. The van der Waals surface area contributed by atoms with Gasteiger partial charge in [-0.1, -0.05) is 109 Å². The van der Waals surface area contributed by atoms with E-state index in [4.69, 9.17) is 16.6 Å². The molecule has 0 atom stereocenters. The largest absolute Gasteiger partial charge is 0.250 e. The molecule has 0 radical (unpaired) electrons. The molecule has 3 heteroatoms. The van der Waals surface area contributed by atoms with Gasteiger partial charge < -0.3 is 0 Å². The molecule has 0 aliphatic carbocycles. The number of hydrogen-bond donors (Lipinski definition) is 0. The summed E-state index contributed by atoms with van der Waals surface area (Å²) in [5, 5.41) is 7.68. The molecule has 0 amide bonds.